The van der Waals surface area contributed by atoms with Crippen molar-refractivity contribution in [1.82, 2.24) is 10.6 Å². The molecule has 7 heteroatoms. The summed E-state index contributed by atoms with van der Waals surface area (Å²) in [5.74, 6) is 1.89. The van der Waals surface area contributed by atoms with Crippen molar-refractivity contribution in [3.63, 3.8) is 0 Å². The summed E-state index contributed by atoms with van der Waals surface area (Å²) in [4.78, 5) is 16.4. The predicted octanol–water partition coefficient (Wildman–Crippen LogP) is 4.48. The highest BCUT2D eigenvalue weighted by Crippen LogP contribution is 2.27. The third kappa shape index (κ3) is 8.05. The van der Waals surface area contributed by atoms with Crippen LogP contribution in [-0.4, -0.2) is 31.6 Å². The number of aliphatic imine (C=N–C) groups is 1. The molecule has 1 saturated carbocycles. The average molecular weight is 536 g/mol. The number of ether oxygens (including phenoxy) is 1. The van der Waals surface area contributed by atoms with Gasteiger partial charge in [-0.05, 0) is 62.1 Å². The van der Waals surface area contributed by atoms with Crippen LogP contribution in [0, 0.1) is 12.8 Å². The van der Waals surface area contributed by atoms with E-state index in [4.69, 9.17) is 4.74 Å². The second kappa shape index (κ2) is 12.5. The van der Waals surface area contributed by atoms with Gasteiger partial charge < -0.3 is 20.7 Å². The number of rotatable bonds is 8. The van der Waals surface area contributed by atoms with Crippen molar-refractivity contribution in [1.29, 1.82) is 0 Å². The van der Waals surface area contributed by atoms with Gasteiger partial charge in [0.1, 0.15) is 11.9 Å². The molecule has 0 aliphatic heterocycles. The standard InChI is InChI=1S/C24H32N4O2.HI/c1-17-7-4-12-22(13-17)30-18(2)15-26-24(25-3)27-16-19-8-5-11-21(14-19)28-23(29)20-9-6-10-20;/h4-5,7-8,11-14,18,20H,6,9-10,15-16H2,1-3H3,(H,28,29)(H2,25,26,27);1H. The van der Waals surface area contributed by atoms with Crippen LogP contribution in [0.3, 0.4) is 0 Å². The quantitative estimate of drug-likeness (QED) is 0.264. The maximum Gasteiger partial charge on any atom is 0.227 e. The highest BCUT2D eigenvalue weighted by Gasteiger charge is 2.25. The van der Waals surface area contributed by atoms with Crippen LogP contribution in [0.1, 0.15) is 37.3 Å². The minimum absolute atomic E-state index is 0. The monoisotopic (exact) mass is 536 g/mol. The number of hydrogen-bond acceptors (Lipinski definition) is 3. The molecule has 2 aromatic carbocycles. The zero-order chi connectivity index (χ0) is 21.3. The van der Waals surface area contributed by atoms with Gasteiger partial charge in [-0.2, -0.15) is 0 Å². The molecule has 31 heavy (non-hydrogen) atoms. The molecular weight excluding hydrogens is 503 g/mol. The summed E-state index contributed by atoms with van der Waals surface area (Å²) < 4.78 is 5.95. The minimum atomic E-state index is -0.00426. The molecule has 2 aromatic rings. The number of amides is 1. The molecule has 168 valence electrons. The number of guanidine groups is 1. The fourth-order valence-electron chi connectivity index (χ4n) is 3.28. The Labute approximate surface area is 202 Å². The summed E-state index contributed by atoms with van der Waals surface area (Å²) >= 11 is 0. The third-order valence-electron chi connectivity index (χ3n) is 5.24. The average Bonchev–Trinajstić information content (AvgIpc) is 2.67. The number of hydrogen-bond donors (Lipinski definition) is 3. The van der Waals surface area contributed by atoms with E-state index in [1.54, 1.807) is 7.05 Å². The Morgan fingerprint density at radius 3 is 2.61 bits per heavy atom. The van der Waals surface area contributed by atoms with Crippen LogP contribution in [0.5, 0.6) is 5.75 Å². The summed E-state index contributed by atoms with van der Waals surface area (Å²) in [7, 11) is 1.75. The summed E-state index contributed by atoms with van der Waals surface area (Å²) in [6.45, 7) is 5.32. The maximum atomic E-state index is 12.1. The van der Waals surface area contributed by atoms with Crippen molar-refractivity contribution in [3.8, 4) is 5.75 Å². The molecule has 1 amide bonds. The summed E-state index contributed by atoms with van der Waals surface area (Å²) in [6.07, 6.45) is 3.15. The van der Waals surface area contributed by atoms with Gasteiger partial charge in [0.25, 0.3) is 0 Å². The molecular formula is C24H33IN4O2. The second-order valence-corrected chi connectivity index (χ2v) is 7.87. The van der Waals surface area contributed by atoms with Crippen molar-refractivity contribution in [2.75, 3.05) is 18.9 Å². The molecule has 0 spiro atoms. The van der Waals surface area contributed by atoms with Crippen LogP contribution in [0.4, 0.5) is 5.69 Å². The Morgan fingerprint density at radius 2 is 1.94 bits per heavy atom. The van der Waals surface area contributed by atoms with E-state index in [-0.39, 0.29) is 41.9 Å². The lowest BCUT2D eigenvalue weighted by atomic mass is 9.85. The van der Waals surface area contributed by atoms with E-state index in [0.717, 1.165) is 36.3 Å². The van der Waals surface area contributed by atoms with Gasteiger partial charge in [0, 0.05) is 25.2 Å². The first kappa shape index (κ1) is 25.0. The molecule has 0 heterocycles. The molecule has 3 rings (SSSR count). The molecule has 1 unspecified atom stereocenters. The summed E-state index contributed by atoms with van der Waals surface area (Å²) in [6, 6.07) is 16.0. The van der Waals surface area contributed by atoms with Gasteiger partial charge in [-0.3, -0.25) is 9.79 Å². The number of carbonyl (C=O) groups excluding carboxylic acids is 1. The van der Waals surface area contributed by atoms with Gasteiger partial charge in [0.2, 0.25) is 5.91 Å². The maximum absolute atomic E-state index is 12.1. The molecule has 1 aliphatic rings. The van der Waals surface area contributed by atoms with E-state index < -0.39 is 0 Å². The Bertz CT molecular complexity index is 883. The minimum Gasteiger partial charge on any atom is -0.489 e. The SMILES string of the molecule is CN=C(NCc1cccc(NC(=O)C2CCC2)c1)NCC(C)Oc1cccc(C)c1.I. The van der Waals surface area contributed by atoms with Crippen LogP contribution in [0.2, 0.25) is 0 Å². The van der Waals surface area contributed by atoms with Crippen molar-refractivity contribution < 1.29 is 9.53 Å². The Hall–Kier alpha value is -2.29. The first-order valence-corrected chi connectivity index (χ1v) is 10.6. The van der Waals surface area contributed by atoms with Gasteiger partial charge in [0.15, 0.2) is 5.96 Å². The Balaban J connectivity index is 0.00000341. The van der Waals surface area contributed by atoms with E-state index in [0.29, 0.717) is 19.0 Å². The third-order valence-corrected chi connectivity index (χ3v) is 5.24. The zero-order valence-corrected chi connectivity index (χ0v) is 20.8. The molecule has 0 saturated heterocycles. The summed E-state index contributed by atoms with van der Waals surface area (Å²) in [5, 5.41) is 9.63. The number of aryl methyl sites for hydroxylation is 1. The van der Waals surface area contributed by atoms with Gasteiger partial charge in [-0.1, -0.05) is 30.7 Å². The van der Waals surface area contributed by atoms with Crippen LogP contribution in [-0.2, 0) is 11.3 Å². The molecule has 0 aromatic heterocycles. The smallest absolute Gasteiger partial charge is 0.227 e. The lowest BCUT2D eigenvalue weighted by molar-refractivity contribution is -0.122. The Kier molecular flexibility index (Phi) is 10.1. The highest BCUT2D eigenvalue weighted by atomic mass is 127. The zero-order valence-electron chi connectivity index (χ0n) is 18.5. The van der Waals surface area contributed by atoms with Crippen molar-refractivity contribution in [2.24, 2.45) is 10.9 Å². The largest absolute Gasteiger partial charge is 0.489 e. The van der Waals surface area contributed by atoms with E-state index in [1.807, 2.05) is 49.4 Å². The highest BCUT2D eigenvalue weighted by molar-refractivity contribution is 14.0. The molecule has 3 N–H and O–H groups in total. The fourth-order valence-corrected chi connectivity index (χ4v) is 3.28. The van der Waals surface area contributed by atoms with E-state index >= 15 is 0 Å². The van der Waals surface area contributed by atoms with E-state index in [1.165, 1.54) is 5.56 Å². The number of nitrogens with one attached hydrogen (secondary N) is 3. The number of anilines is 1. The molecule has 0 radical (unpaired) electrons. The fraction of sp³-hybridized carbons (Fsp3) is 0.417. The number of nitrogens with zero attached hydrogens (tertiary/aromatic N) is 1. The molecule has 6 nitrogen and oxygen atoms in total. The van der Waals surface area contributed by atoms with Crippen molar-refractivity contribution in [2.45, 2.75) is 45.8 Å². The first-order chi connectivity index (χ1) is 14.5. The van der Waals surface area contributed by atoms with Crippen molar-refractivity contribution >= 4 is 41.5 Å². The van der Waals surface area contributed by atoms with Crippen LogP contribution in [0.15, 0.2) is 53.5 Å². The van der Waals surface area contributed by atoms with E-state index in [2.05, 4.69) is 33.9 Å². The topological polar surface area (TPSA) is 74.8 Å². The second-order valence-electron chi connectivity index (χ2n) is 7.87. The molecule has 1 aliphatic carbocycles. The lowest BCUT2D eigenvalue weighted by Crippen LogP contribution is -2.41. The van der Waals surface area contributed by atoms with Gasteiger partial charge in [-0.15, -0.1) is 24.0 Å². The molecule has 1 atom stereocenters. The first-order valence-electron chi connectivity index (χ1n) is 10.6. The van der Waals surface area contributed by atoms with Gasteiger partial charge >= 0.3 is 0 Å². The molecule has 1 fully saturated rings. The number of halogens is 1. The van der Waals surface area contributed by atoms with Crippen molar-refractivity contribution in [3.05, 3.63) is 59.7 Å². The van der Waals surface area contributed by atoms with Crippen LogP contribution >= 0.6 is 24.0 Å². The normalized spacial score (nSPS) is 14.6. The Morgan fingerprint density at radius 1 is 1.16 bits per heavy atom. The van der Waals surface area contributed by atoms with Crippen LogP contribution < -0.4 is 20.7 Å². The summed E-state index contributed by atoms with van der Waals surface area (Å²) in [5.41, 5.74) is 3.10. The van der Waals surface area contributed by atoms with E-state index in [9.17, 15) is 4.79 Å². The predicted molar refractivity (Wildman–Crippen MR) is 137 cm³/mol. The van der Waals surface area contributed by atoms with Gasteiger partial charge in [-0.25, -0.2) is 0 Å². The molecule has 0 bridgehead atoms. The van der Waals surface area contributed by atoms with Gasteiger partial charge in [0.05, 0.1) is 6.54 Å². The van der Waals surface area contributed by atoms with Crippen LogP contribution in [0.25, 0.3) is 0 Å². The lowest BCUT2D eigenvalue weighted by Gasteiger charge is -2.24. The number of benzene rings is 2. The number of carbonyl (C=O) groups is 1.